The summed E-state index contributed by atoms with van der Waals surface area (Å²) in [6.45, 7) is 3.17. The van der Waals surface area contributed by atoms with Gasteiger partial charge in [-0.05, 0) is 31.2 Å². The third-order valence-corrected chi connectivity index (χ3v) is 4.59. The summed E-state index contributed by atoms with van der Waals surface area (Å²) in [6.07, 6.45) is -0.0683. The van der Waals surface area contributed by atoms with Gasteiger partial charge < -0.3 is 9.64 Å². The van der Waals surface area contributed by atoms with Gasteiger partial charge >= 0.3 is 5.76 Å². The van der Waals surface area contributed by atoms with Gasteiger partial charge in [0.15, 0.2) is 0 Å². The lowest BCUT2D eigenvalue weighted by atomic mass is 10.2. The molecule has 1 aliphatic heterocycles. The molecule has 1 aliphatic rings. The van der Waals surface area contributed by atoms with E-state index in [-0.39, 0.29) is 17.6 Å². The maximum atomic E-state index is 12.4. The fourth-order valence-electron chi connectivity index (χ4n) is 2.08. The molecular formula is C13H15F2NO4S. The largest absolute Gasteiger partial charge is 0.375 e. The van der Waals surface area contributed by atoms with E-state index in [1.54, 1.807) is 4.90 Å². The molecule has 1 heterocycles. The van der Waals surface area contributed by atoms with Crippen molar-refractivity contribution >= 4 is 15.7 Å². The molecule has 116 valence electrons. The molecule has 1 atom stereocenters. The van der Waals surface area contributed by atoms with E-state index < -0.39 is 20.5 Å². The van der Waals surface area contributed by atoms with Crippen LogP contribution in [0, 0.1) is 0 Å². The lowest BCUT2D eigenvalue weighted by Crippen LogP contribution is -2.44. The summed E-state index contributed by atoms with van der Waals surface area (Å²) in [6, 6.07) is 4.55. The molecule has 1 aromatic carbocycles. The fourth-order valence-corrected chi connectivity index (χ4v) is 2.80. The maximum Gasteiger partial charge on any atom is 0.341 e. The number of nitrogens with zero attached hydrogens (tertiary/aromatic N) is 1. The Kier molecular flexibility index (Phi) is 4.58. The van der Waals surface area contributed by atoms with E-state index in [1.807, 2.05) is 6.92 Å². The van der Waals surface area contributed by atoms with Crippen molar-refractivity contribution in [3.8, 4) is 0 Å². The standard InChI is InChI=1S/C13H15F2NO4S/c1-9-8-16(6-7-20-9)12(17)10-2-4-11(5-3-10)21(18,19)13(14)15/h2-5,9,13H,6-8H2,1H3/t9-/m1/s1. The highest BCUT2D eigenvalue weighted by Gasteiger charge is 2.27. The Morgan fingerprint density at radius 3 is 2.48 bits per heavy atom. The summed E-state index contributed by atoms with van der Waals surface area (Å²) in [7, 11) is -4.63. The van der Waals surface area contributed by atoms with Crippen LogP contribution in [0.5, 0.6) is 0 Å². The average molecular weight is 319 g/mol. The summed E-state index contributed by atoms with van der Waals surface area (Å²) < 4.78 is 52.7. The fraction of sp³-hybridized carbons (Fsp3) is 0.462. The second kappa shape index (κ2) is 6.07. The van der Waals surface area contributed by atoms with Crippen LogP contribution in [0.1, 0.15) is 17.3 Å². The minimum absolute atomic E-state index is 0.0683. The predicted molar refractivity (Wildman–Crippen MR) is 70.9 cm³/mol. The van der Waals surface area contributed by atoms with Gasteiger partial charge in [0.05, 0.1) is 17.6 Å². The molecule has 8 heteroatoms. The Bertz CT molecular complexity index is 616. The third-order valence-electron chi connectivity index (χ3n) is 3.19. The van der Waals surface area contributed by atoms with Crippen LogP contribution in [0.2, 0.25) is 0 Å². The van der Waals surface area contributed by atoms with E-state index in [9.17, 15) is 22.0 Å². The molecule has 0 aliphatic carbocycles. The molecule has 1 saturated heterocycles. The van der Waals surface area contributed by atoms with Gasteiger partial charge in [-0.15, -0.1) is 0 Å². The average Bonchev–Trinajstić information content (AvgIpc) is 2.46. The number of halogens is 2. The number of hydrogen-bond donors (Lipinski definition) is 0. The zero-order chi connectivity index (χ0) is 15.6. The first-order valence-corrected chi connectivity index (χ1v) is 7.90. The molecule has 0 radical (unpaired) electrons. The summed E-state index contributed by atoms with van der Waals surface area (Å²) in [4.78, 5) is 13.3. The topological polar surface area (TPSA) is 63.7 Å². The number of morpholine rings is 1. The molecule has 0 spiro atoms. The highest BCUT2D eigenvalue weighted by Crippen LogP contribution is 2.19. The van der Waals surface area contributed by atoms with E-state index >= 15 is 0 Å². The molecule has 5 nitrogen and oxygen atoms in total. The van der Waals surface area contributed by atoms with Crippen LogP contribution in [0.15, 0.2) is 29.2 Å². The van der Waals surface area contributed by atoms with E-state index in [2.05, 4.69) is 0 Å². The van der Waals surface area contributed by atoms with Crippen LogP contribution in [0.4, 0.5) is 8.78 Å². The van der Waals surface area contributed by atoms with Crippen molar-refractivity contribution in [2.75, 3.05) is 19.7 Å². The van der Waals surface area contributed by atoms with Gasteiger partial charge in [0.25, 0.3) is 5.91 Å². The monoisotopic (exact) mass is 319 g/mol. The van der Waals surface area contributed by atoms with Gasteiger partial charge in [-0.25, -0.2) is 8.42 Å². The van der Waals surface area contributed by atoms with Crippen LogP contribution in [-0.4, -0.2) is 50.8 Å². The van der Waals surface area contributed by atoms with Crippen molar-refractivity contribution in [1.29, 1.82) is 0 Å². The number of alkyl halides is 2. The van der Waals surface area contributed by atoms with Crippen molar-refractivity contribution in [1.82, 2.24) is 4.90 Å². The van der Waals surface area contributed by atoms with Crippen LogP contribution < -0.4 is 0 Å². The van der Waals surface area contributed by atoms with Crippen molar-refractivity contribution < 1.29 is 26.7 Å². The number of carbonyl (C=O) groups excluding carboxylic acids is 1. The first-order chi connectivity index (χ1) is 9.82. The number of carbonyl (C=O) groups is 1. The minimum Gasteiger partial charge on any atom is -0.375 e. The van der Waals surface area contributed by atoms with Gasteiger partial charge in [0.2, 0.25) is 9.84 Å². The molecule has 2 rings (SSSR count). The zero-order valence-electron chi connectivity index (χ0n) is 11.3. The number of sulfone groups is 1. The van der Waals surface area contributed by atoms with E-state index in [0.717, 1.165) is 12.1 Å². The second-order valence-corrected chi connectivity index (χ2v) is 6.68. The van der Waals surface area contributed by atoms with Crippen LogP contribution in [0.25, 0.3) is 0 Å². The van der Waals surface area contributed by atoms with Crippen molar-refractivity contribution in [3.05, 3.63) is 29.8 Å². The number of hydrogen-bond acceptors (Lipinski definition) is 4. The normalized spacial score (nSPS) is 19.8. The summed E-state index contributed by atoms with van der Waals surface area (Å²) in [5.74, 6) is -3.75. The molecule has 0 aromatic heterocycles. The number of rotatable bonds is 3. The van der Waals surface area contributed by atoms with Crippen LogP contribution >= 0.6 is 0 Å². The third kappa shape index (κ3) is 3.38. The smallest absolute Gasteiger partial charge is 0.341 e. The van der Waals surface area contributed by atoms with Gasteiger partial charge in [-0.2, -0.15) is 8.78 Å². The predicted octanol–water partition coefficient (Wildman–Crippen LogP) is 1.54. The molecule has 0 bridgehead atoms. The number of ether oxygens (including phenoxy) is 1. The summed E-state index contributed by atoms with van der Waals surface area (Å²) in [5, 5.41) is 0. The maximum absolute atomic E-state index is 12.4. The molecule has 0 N–H and O–H groups in total. The van der Waals surface area contributed by atoms with Crippen molar-refractivity contribution in [2.45, 2.75) is 23.7 Å². The Morgan fingerprint density at radius 1 is 1.33 bits per heavy atom. The first-order valence-electron chi connectivity index (χ1n) is 6.35. The minimum atomic E-state index is -4.63. The van der Waals surface area contributed by atoms with E-state index in [0.29, 0.717) is 19.7 Å². The highest BCUT2D eigenvalue weighted by molar-refractivity contribution is 7.91. The lowest BCUT2D eigenvalue weighted by molar-refractivity contribution is -0.0124. The zero-order valence-corrected chi connectivity index (χ0v) is 12.1. The molecule has 1 amide bonds. The molecule has 1 fully saturated rings. The van der Waals surface area contributed by atoms with Gasteiger partial charge in [0, 0.05) is 18.7 Å². The molecule has 0 saturated carbocycles. The van der Waals surface area contributed by atoms with Gasteiger partial charge in [-0.1, -0.05) is 0 Å². The highest BCUT2D eigenvalue weighted by atomic mass is 32.2. The quantitative estimate of drug-likeness (QED) is 0.848. The Hall–Kier alpha value is -1.54. The summed E-state index contributed by atoms with van der Waals surface area (Å²) >= 11 is 0. The molecule has 21 heavy (non-hydrogen) atoms. The molecule has 1 aromatic rings. The number of amides is 1. The lowest BCUT2D eigenvalue weighted by Gasteiger charge is -2.31. The number of benzene rings is 1. The second-order valence-electron chi connectivity index (χ2n) is 4.76. The van der Waals surface area contributed by atoms with Crippen LogP contribution in [-0.2, 0) is 14.6 Å². The Balaban J connectivity index is 2.17. The molecular weight excluding hydrogens is 304 g/mol. The SMILES string of the molecule is C[C@@H]1CN(C(=O)c2ccc(S(=O)(=O)C(F)F)cc2)CCO1. The van der Waals surface area contributed by atoms with Crippen molar-refractivity contribution in [3.63, 3.8) is 0 Å². The van der Waals surface area contributed by atoms with Gasteiger partial charge in [-0.3, -0.25) is 4.79 Å². The van der Waals surface area contributed by atoms with E-state index in [4.69, 9.17) is 4.74 Å². The van der Waals surface area contributed by atoms with E-state index in [1.165, 1.54) is 12.1 Å². The molecule has 0 unspecified atom stereocenters. The Morgan fingerprint density at radius 2 is 1.95 bits per heavy atom. The Labute approximate surface area is 121 Å². The van der Waals surface area contributed by atoms with Crippen LogP contribution in [0.3, 0.4) is 0 Å². The van der Waals surface area contributed by atoms with Gasteiger partial charge in [0.1, 0.15) is 0 Å². The summed E-state index contributed by atoms with van der Waals surface area (Å²) in [5.41, 5.74) is 0.261. The first kappa shape index (κ1) is 15.8. The van der Waals surface area contributed by atoms with Crippen molar-refractivity contribution in [2.24, 2.45) is 0 Å².